The number of nitrogens with zero attached hydrogens (tertiary/aromatic N) is 2. The van der Waals surface area contributed by atoms with Crippen LogP contribution < -0.4 is 5.32 Å². The lowest BCUT2D eigenvalue weighted by Gasteiger charge is -2.51. The van der Waals surface area contributed by atoms with E-state index in [9.17, 15) is 0 Å². The molecule has 5 aliphatic rings. The predicted octanol–water partition coefficient (Wildman–Crippen LogP) is 1.30. The molecule has 1 saturated carbocycles. The SMILES string of the molecule is C1CC(NC2CC2)CN(C2CN3CCC2CC3)C1. The van der Waals surface area contributed by atoms with Gasteiger partial charge in [-0.3, -0.25) is 4.90 Å². The van der Waals surface area contributed by atoms with Crippen molar-refractivity contribution in [2.75, 3.05) is 32.7 Å². The third kappa shape index (κ3) is 2.33. The third-order valence-electron chi connectivity index (χ3n) is 5.59. The average molecular weight is 249 g/mol. The molecule has 102 valence electrons. The van der Waals surface area contributed by atoms with Crippen LogP contribution in [0.1, 0.15) is 38.5 Å². The van der Waals surface area contributed by atoms with Gasteiger partial charge in [-0.2, -0.15) is 0 Å². The van der Waals surface area contributed by atoms with Crippen molar-refractivity contribution in [1.82, 2.24) is 15.1 Å². The molecular weight excluding hydrogens is 222 g/mol. The highest BCUT2D eigenvalue weighted by atomic mass is 15.3. The Labute approximate surface area is 111 Å². The monoisotopic (exact) mass is 249 g/mol. The smallest absolute Gasteiger partial charge is 0.0252 e. The first-order valence-electron chi connectivity index (χ1n) is 8.11. The first-order chi connectivity index (χ1) is 8.88. The van der Waals surface area contributed by atoms with Crippen molar-refractivity contribution in [2.45, 2.75) is 56.7 Å². The Morgan fingerprint density at radius 1 is 0.778 bits per heavy atom. The number of hydrogen-bond donors (Lipinski definition) is 1. The van der Waals surface area contributed by atoms with Crippen LogP contribution in [-0.4, -0.2) is 60.6 Å². The summed E-state index contributed by atoms with van der Waals surface area (Å²) in [7, 11) is 0. The lowest BCUT2D eigenvalue weighted by molar-refractivity contribution is -0.00797. The summed E-state index contributed by atoms with van der Waals surface area (Å²) in [5.41, 5.74) is 0. The third-order valence-corrected chi connectivity index (χ3v) is 5.59. The van der Waals surface area contributed by atoms with E-state index in [-0.39, 0.29) is 0 Å². The number of nitrogens with one attached hydrogen (secondary N) is 1. The van der Waals surface area contributed by atoms with Gasteiger partial charge in [0.2, 0.25) is 0 Å². The van der Waals surface area contributed by atoms with Gasteiger partial charge in [-0.1, -0.05) is 0 Å². The van der Waals surface area contributed by atoms with E-state index in [1.807, 2.05) is 0 Å². The van der Waals surface area contributed by atoms with Crippen LogP contribution in [0.15, 0.2) is 0 Å². The van der Waals surface area contributed by atoms with Gasteiger partial charge in [0, 0.05) is 31.2 Å². The number of fused-ring (bicyclic) bond motifs is 3. The summed E-state index contributed by atoms with van der Waals surface area (Å²) in [6.07, 6.45) is 8.60. The van der Waals surface area contributed by atoms with Crippen molar-refractivity contribution in [3.63, 3.8) is 0 Å². The van der Waals surface area contributed by atoms with Crippen molar-refractivity contribution < 1.29 is 0 Å². The van der Waals surface area contributed by atoms with E-state index in [0.717, 1.165) is 24.0 Å². The van der Waals surface area contributed by atoms with E-state index in [0.29, 0.717) is 0 Å². The molecule has 0 aromatic carbocycles. The van der Waals surface area contributed by atoms with Crippen molar-refractivity contribution in [3.8, 4) is 0 Å². The summed E-state index contributed by atoms with van der Waals surface area (Å²) in [6.45, 7) is 6.79. The fourth-order valence-corrected chi connectivity index (χ4v) is 4.37. The maximum atomic E-state index is 3.85. The van der Waals surface area contributed by atoms with Crippen LogP contribution in [0, 0.1) is 5.92 Å². The second-order valence-corrected chi connectivity index (χ2v) is 6.98. The van der Waals surface area contributed by atoms with E-state index in [2.05, 4.69) is 15.1 Å². The fraction of sp³-hybridized carbons (Fsp3) is 1.00. The summed E-state index contributed by atoms with van der Waals surface area (Å²) < 4.78 is 0. The van der Waals surface area contributed by atoms with Gasteiger partial charge in [0.15, 0.2) is 0 Å². The van der Waals surface area contributed by atoms with Gasteiger partial charge < -0.3 is 10.2 Å². The molecule has 5 rings (SSSR count). The lowest BCUT2D eigenvalue weighted by atomic mass is 9.82. The van der Waals surface area contributed by atoms with Gasteiger partial charge in [0.1, 0.15) is 0 Å². The molecule has 1 aliphatic carbocycles. The molecule has 2 atom stereocenters. The van der Waals surface area contributed by atoms with E-state index in [1.54, 1.807) is 0 Å². The van der Waals surface area contributed by atoms with Crippen LogP contribution >= 0.6 is 0 Å². The molecular formula is C15H27N3. The Kier molecular flexibility index (Phi) is 3.10. The Hall–Kier alpha value is -0.120. The second kappa shape index (κ2) is 4.77. The molecule has 0 aromatic heterocycles. The minimum atomic E-state index is 0.793. The van der Waals surface area contributed by atoms with Crippen LogP contribution in [0.3, 0.4) is 0 Å². The van der Waals surface area contributed by atoms with Crippen molar-refractivity contribution in [3.05, 3.63) is 0 Å². The number of piperidine rings is 4. The highest BCUT2D eigenvalue weighted by molar-refractivity contribution is 4.96. The van der Waals surface area contributed by atoms with Gasteiger partial charge in [-0.25, -0.2) is 0 Å². The Bertz CT molecular complexity index is 294. The molecule has 4 saturated heterocycles. The lowest BCUT2D eigenvalue weighted by Crippen LogP contribution is -2.60. The van der Waals surface area contributed by atoms with E-state index >= 15 is 0 Å². The minimum Gasteiger partial charge on any atom is -0.310 e. The minimum absolute atomic E-state index is 0.793. The molecule has 0 aromatic rings. The second-order valence-electron chi connectivity index (χ2n) is 6.98. The van der Waals surface area contributed by atoms with Crippen LogP contribution in [-0.2, 0) is 0 Å². The topological polar surface area (TPSA) is 18.5 Å². The van der Waals surface area contributed by atoms with E-state index < -0.39 is 0 Å². The molecule has 2 unspecified atom stereocenters. The van der Waals surface area contributed by atoms with Crippen LogP contribution in [0.5, 0.6) is 0 Å². The summed E-state index contributed by atoms with van der Waals surface area (Å²) in [5.74, 6) is 1.01. The summed E-state index contributed by atoms with van der Waals surface area (Å²) in [6, 6.07) is 2.56. The number of likely N-dealkylation sites (tertiary alicyclic amines) is 1. The highest BCUT2D eigenvalue weighted by Gasteiger charge is 2.39. The largest absolute Gasteiger partial charge is 0.310 e. The molecule has 0 spiro atoms. The molecule has 0 amide bonds. The van der Waals surface area contributed by atoms with Gasteiger partial charge >= 0.3 is 0 Å². The van der Waals surface area contributed by atoms with Gasteiger partial charge in [0.05, 0.1) is 0 Å². The van der Waals surface area contributed by atoms with Crippen LogP contribution in [0.25, 0.3) is 0 Å². The summed E-state index contributed by atoms with van der Waals surface area (Å²) >= 11 is 0. The zero-order valence-electron chi connectivity index (χ0n) is 11.5. The zero-order valence-corrected chi connectivity index (χ0v) is 11.5. The molecule has 3 nitrogen and oxygen atoms in total. The Balaban J connectivity index is 1.38. The molecule has 1 N–H and O–H groups in total. The van der Waals surface area contributed by atoms with Crippen LogP contribution in [0.2, 0.25) is 0 Å². The Morgan fingerprint density at radius 2 is 1.61 bits per heavy atom. The highest BCUT2D eigenvalue weighted by Crippen LogP contribution is 2.32. The van der Waals surface area contributed by atoms with Gasteiger partial charge in [-0.05, 0) is 64.1 Å². The first-order valence-corrected chi connectivity index (χ1v) is 8.11. The molecule has 0 radical (unpaired) electrons. The normalized spacial score (nSPS) is 45.3. The van der Waals surface area contributed by atoms with Crippen LogP contribution in [0.4, 0.5) is 0 Å². The molecule has 4 aliphatic heterocycles. The molecule has 2 bridgehead atoms. The number of hydrogen-bond acceptors (Lipinski definition) is 3. The predicted molar refractivity (Wildman–Crippen MR) is 73.7 cm³/mol. The number of rotatable bonds is 3. The van der Waals surface area contributed by atoms with Crippen molar-refractivity contribution in [2.24, 2.45) is 5.92 Å². The van der Waals surface area contributed by atoms with Crippen molar-refractivity contribution in [1.29, 1.82) is 0 Å². The average Bonchev–Trinajstić information content (AvgIpc) is 3.24. The summed E-state index contributed by atoms with van der Waals surface area (Å²) in [4.78, 5) is 5.53. The molecule has 18 heavy (non-hydrogen) atoms. The zero-order chi connectivity index (χ0) is 11.9. The maximum absolute atomic E-state index is 3.85. The first kappa shape index (κ1) is 11.7. The van der Waals surface area contributed by atoms with E-state index in [1.165, 1.54) is 71.2 Å². The standard InChI is InChI=1S/C15H27N3/c1-2-14(16-13-3-4-13)10-18(7-1)15-11-17-8-5-12(15)6-9-17/h12-16H,1-11H2. The fourth-order valence-electron chi connectivity index (χ4n) is 4.37. The van der Waals surface area contributed by atoms with Crippen molar-refractivity contribution >= 4 is 0 Å². The maximum Gasteiger partial charge on any atom is 0.0252 e. The summed E-state index contributed by atoms with van der Waals surface area (Å²) in [5, 5.41) is 3.85. The van der Waals surface area contributed by atoms with Gasteiger partial charge in [-0.15, -0.1) is 0 Å². The Morgan fingerprint density at radius 3 is 2.28 bits per heavy atom. The molecule has 5 fully saturated rings. The van der Waals surface area contributed by atoms with E-state index in [4.69, 9.17) is 0 Å². The molecule has 4 heterocycles. The van der Waals surface area contributed by atoms with Gasteiger partial charge in [0.25, 0.3) is 0 Å². The molecule has 3 heteroatoms. The quantitative estimate of drug-likeness (QED) is 0.813.